The minimum atomic E-state index is -3.72. The molecule has 2 atom stereocenters. The standard InChI is InChI=1S/C24H21ClN3O4P/c1-32-33(31,17-10-6-3-7-11-17)22-18-14-16(25)12-13-19(18)27-21(22)24(30)28-20(23(26)29)15-8-4-2-5-9-15/h2-14,20,27H,1H3,(H2,26,29)(H,28,30)/t20-,33+/m0/s1. The maximum absolute atomic E-state index is 14.2. The fraction of sp³-hybridized carbons (Fsp3) is 0.0833. The first-order chi connectivity index (χ1) is 15.8. The van der Waals surface area contributed by atoms with Crippen LogP contribution in [0.3, 0.4) is 0 Å². The minimum absolute atomic E-state index is 0.00323. The van der Waals surface area contributed by atoms with Gasteiger partial charge in [0.15, 0.2) is 0 Å². The predicted octanol–water partition coefficient (Wildman–Crippen LogP) is 3.65. The number of hydrogen-bond acceptors (Lipinski definition) is 4. The van der Waals surface area contributed by atoms with Crippen molar-refractivity contribution in [2.24, 2.45) is 5.73 Å². The van der Waals surface area contributed by atoms with Crippen LogP contribution in [0.4, 0.5) is 0 Å². The summed E-state index contributed by atoms with van der Waals surface area (Å²) in [5.41, 5.74) is 6.64. The monoisotopic (exact) mass is 481 g/mol. The lowest BCUT2D eigenvalue weighted by molar-refractivity contribution is -0.120. The molecule has 168 valence electrons. The molecule has 1 aromatic heterocycles. The summed E-state index contributed by atoms with van der Waals surface area (Å²) >= 11 is 6.22. The van der Waals surface area contributed by atoms with Crippen molar-refractivity contribution in [3.8, 4) is 0 Å². The average molecular weight is 482 g/mol. The van der Waals surface area contributed by atoms with E-state index >= 15 is 0 Å². The van der Waals surface area contributed by atoms with Gasteiger partial charge in [0.1, 0.15) is 11.7 Å². The van der Waals surface area contributed by atoms with Gasteiger partial charge in [-0.3, -0.25) is 14.2 Å². The van der Waals surface area contributed by atoms with Crippen LogP contribution in [0.1, 0.15) is 22.1 Å². The topological polar surface area (TPSA) is 114 Å². The maximum Gasteiger partial charge on any atom is 0.269 e. The van der Waals surface area contributed by atoms with E-state index in [1.807, 2.05) is 0 Å². The lowest BCUT2D eigenvalue weighted by Crippen LogP contribution is -2.39. The van der Waals surface area contributed by atoms with Crippen LogP contribution in [0.25, 0.3) is 10.9 Å². The molecule has 1 heterocycles. The van der Waals surface area contributed by atoms with Crippen LogP contribution in [0, 0.1) is 0 Å². The Kier molecular flexibility index (Phi) is 6.38. The van der Waals surface area contributed by atoms with Gasteiger partial charge in [-0.25, -0.2) is 0 Å². The zero-order chi connectivity index (χ0) is 23.6. The largest absolute Gasteiger partial charge is 0.368 e. The maximum atomic E-state index is 14.2. The minimum Gasteiger partial charge on any atom is -0.368 e. The second-order valence-electron chi connectivity index (χ2n) is 7.33. The summed E-state index contributed by atoms with van der Waals surface area (Å²) < 4.78 is 19.8. The van der Waals surface area contributed by atoms with Gasteiger partial charge in [-0.15, -0.1) is 0 Å². The smallest absolute Gasteiger partial charge is 0.269 e. The lowest BCUT2D eigenvalue weighted by Gasteiger charge is -2.20. The van der Waals surface area contributed by atoms with Crippen molar-refractivity contribution in [3.63, 3.8) is 0 Å². The van der Waals surface area contributed by atoms with Crippen molar-refractivity contribution in [1.29, 1.82) is 0 Å². The molecule has 0 spiro atoms. The van der Waals surface area contributed by atoms with E-state index in [9.17, 15) is 14.2 Å². The molecular formula is C24H21ClN3O4P. The number of nitrogens with two attached hydrogens (primary N) is 1. The van der Waals surface area contributed by atoms with Gasteiger partial charge in [0.25, 0.3) is 13.3 Å². The molecule has 4 rings (SSSR count). The Morgan fingerprint density at radius 2 is 1.67 bits per heavy atom. The van der Waals surface area contributed by atoms with E-state index in [2.05, 4.69) is 10.3 Å². The van der Waals surface area contributed by atoms with Gasteiger partial charge in [-0.2, -0.15) is 0 Å². The fourth-order valence-electron chi connectivity index (χ4n) is 3.74. The number of nitrogens with one attached hydrogen (secondary N) is 2. The first-order valence-electron chi connectivity index (χ1n) is 10.0. The zero-order valence-electron chi connectivity index (χ0n) is 17.6. The van der Waals surface area contributed by atoms with E-state index in [0.717, 1.165) is 0 Å². The Labute approximate surface area is 195 Å². The van der Waals surface area contributed by atoms with Crippen LogP contribution < -0.4 is 21.7 Å². The Balaban J connectivity index is 1.89. The highest BCUT2D eigenvalue weighted by molar-refractivity contribution is 7.75. The number of aromatic nitrogens is 1. The summed E-state index contributed by atoms with van der Waals surface area (Å²) in [4.78, 5) is 28.6. The van der Waals surface area contributed by atoms with Gasteiger partial charge < -0.3 is 20.6 Å². The van der Waals surface area contributed by atoms with Crippen molar-refractivity contribution in [1.82, 2.24) is 10.3 Å². The third-order valence-corrected chi connectivity index (χ3v) is 8.08. The number of H-pyrrole nitrogens is 1. The zero-order valence-corrected chi connectivity index (χ0v) is 19.3. The average Bonchev–Trinajstić information content (AvgIpc) is 3.22. The summed E-state index contributed by atoms with van der Waals surface area (Å²) in [5.74, 6) is -1.38. The first-order valence-corrected chi connectivity index (χ1v) is 12.0. The molecule has 0 bridgehead atoms. The summed E-state index contributed by atoms with van der Waals surface area (Å²) in [6.07, 6.45) is 0. The molecule has 2 amide bonds. The van der Waals surface area contributed by atoms with E-state index in [0.29, 0.717) is 26.8 Å². The number of amides is 2. The van der Waals surface area contributed by atoms with Crippen LogP contribution in [-0.2, 0) is 13.9 Å². The lowest BCUT2D eigenvalue weighted by atomic mass is 10.1. The molecule has 4 aromatic rings. The number of halogens is 1. The number of primary amides is 1. The molecule has 0 saturated carbocycles. The molecule has 0 aliphatic heterocycles. The Morgan fingerprint density at radius 3 is 2.27 bits per heavy atom. The van der Waals surface area contributed by atoms with Crippen LogP contribution in [0.5, 0.6) is 0 Å². The molecule has 0 fully saturated rings. The highest BCUT2D eigenvalue weighted by atomic mass is 35.5. The summed E-state index contributed by atoms with van der Waals surface area (Å²) in [7, 11) is -2.39. The molecule has 9 heteroatoms. The van der Waals surface area contributed by atoms with Crippen LogP contribution >= 0.6 is 19.0 Å². The normalized spacial score (nSPS) is 13.9. The second kappa shape index (κ2) is 9.24. The van der Waals surface area contributed by atoms with Crippen LogP contribution in [-0.4, -0.2) is 23.9 Å². The predicted molar refractivity (Wildman–Crippen MR) is 129 cm³/mol. The van der Waals surface area contributed by atoms with Crippen molar-refractivity contribution in [2.75, 3.05) is 7.11 Å². The number of aromatic amines is 1. The number of hydrogen-bond donors (Lipinski definition) is 3. The van der Waals surface area contributed by atoms with Gasteiger partial charge in [-0.05, 0) is 35.9 Å². The van der Waals surface area contributed by atoms with Crippen molar-refractivity contribution >= 4 is 52.3 Å². The number of benzene rings is 3. The van der Waals surface area contributed by atoms with Crippen LogP contribution in [0.2, 0.25) is 5.02 Å². The number of carbonyl (C=O) groups is 2. The quantitative estimate of drug-likeness (QED) is 0.349. The van der Waals surface area contributed by atoms with Crippen molar-refractivity contribution in [3.05, 3.63) is 95.1 Å². The Bertz CT molecular complexity index is 1370. The summed E-state index contributed by atoms with van der Waals surface area (Å²) in [6.45, 7) is 0. The number of carbonyl (C=O) groups excluding carboxylic acids is 2. The van der Waals surface area contributed by atoms with Gasteiger partial charge in [0.05, 0.1) is 5.30 Å². The van der Waals surface area contributed by atoms with Crippen molar-refractivity contribution < 1.29 is 18.7 Å². The number of fused-ring (bicyclic) bond motifs is 1. The van der Waals surface area contributed by atoms with E-state index in [-0.39, 0.29) is 11.0 Å². The van der Waals surface area contributed by atoms with E-state index in [4.69, 9.17) is 21.9 Å². The van der Waals surface area contributed by atoms with E-state index in [1.165, 1.54) is 7.11 Å². The van der Waals surface area contributed by atoms with Gasteiger partial charge in [0, 0.05) is 28.3 Å². The highest BCUT2D eigenvalue weighted by Crippen LogP contribution is 2.47. The SMILES string of the molecule is CO[P@](=O)(c1ccccc1)c1c(C(=O)N[C@H](C(N)=O)c2ccccc2)[nH]c2ccc(Cl)cc12. The van der Waals surface area contributed by atoms with Crippen molar-refractivity contribution in [2.45, 2.75) is 6.04 Å². The summed E-state index contributed by atoms with van der Waals surface area (Å²) in [5, 5.41) is 4.13. The molecule has 7 nitrogen and oxygen atoms in total. The molecule has 0 aliphatic rings. The van der Waals surface area contributed by atoms with Crippen LogP contribution in [0.15, 0.2) is 78.9 Å². The second-order valence-corrected chi connectivity index (χ2v) is 10.2. The molecule has 3 aromatic carbocycles. The molecule has 0 radical (unpaired) electrons. The molecule has 4 N–H and O–H groups in total. The third-order valence-electron chi connectivity index (χ3n) is 5.30. The van der Waals surface area contributed by atoms with Gasteiger partial charge in [0.2, 0.25) is 5.91 Å². The van der Waals surface area contributed by atoms with E-state index in [1.54, 1.807) is 78.9 Å². The highest BCUT2D eigenvalue weighted by Gasteiger charge is 2.36. The van der Waals surface area contributed by atoms with E-state index < -0.39 is 25.2 Å². The molecule has 0 unspecified atom stereocenters. The van der Waals surface area contributed by atoms with Gasteiger partial charge in [-0.1, -0.05) is 60.1 Å². The summed E-state index contributed by atoms with van der Waals surface area (Å²) in [6, 6.07) is 21.1. The Hall–Kier alpha value is -3.38. The molecule has 0 saturated heterocycles. The van der Waals surface area contributed by atoms with Gasteiger partial charge >= 0.3 is 0 Å². The third kappa shape index (κ3) is 4.31. The molecule has 0 aliphatic carbocycles. The fourth-order valence-corrected chi connectivity index (χ4v) is 6.08. The number of rotatable bonds is 7. The molecular weight excluding hydrogens is 461 g/mol. The Morgan fingerprint density at radius 1 is 1.03 bits per heavy atom. The first kappa shape index (κ1) is 22.8. The molecule has 33 heavy (non-hydrogen) atoms.